The molecule has 6 heteroatoms. The number of aliphatic hydroxyl groups is 1. The second-order valence-electron chi connectivity index (χ2n) is 5.76. The number of aryl methyl sites for hydroxylation is 1. The van der Waals surface area contributed by atoms with Crippen LogP contribution in [0.25, 0.3) is 0 Å². The van der Waals surface area contributed by atoms with Crippen molar-refractivity contribution in [2.45, 2.75) is 56.6 Å². The molecule has 2 unspecified atom stereocenters. The number of hydrogen-bond acceptors (Lipinski definition) is 3. The standard InChI is InChI=1S/C15H22FNO3S/c1-11-6-7-13(16)10-15(11)21(19,20)17-8-4-3-5-14(17)9-12(2)18/h6-7,10,12,14,18H,3-5,8-9H2,1-2H3. The molecule has 1 aromatic carbocycles. The first-order chi connectivity index (χ1) is 9.82. The summed E-state index contributed by atoms with van der Waals surface area (Å²) < 4.78 is 40.5. The van der Waals surface area contributed by atoms with Gasteiger partial charge in [0, 0.05) is 12.6 Å². The van der Waals surface area contributed by atoms with E-state index in [0.717, 1.165) is 25.3 Å². The summed E-state index contributed by atoms with van der Waals surface area (Å²) >= 11 is 0. The van der Waals surface area contributed by atoms with E-state index in [0.29, 0.717) is 18.5 Å². The van der Waals surface area contributed by atoms with E-state index < -0.39 is 21.9 Å². The Labute approximate surface area is 125 Å². The van der Waals surface area contributed by atoms with Gasteiger partial charge in [0.2, 0.25) is 10.0 Å². The Morgan fingerprint density at radius 3 is 2.81 bits per heavy atom. The summed E-state index contributed by atoms with van der Waals surface area (Å²) in [5, 5.41) is 9.58. The second kappa shape index (κ2) is 6.42. The molecule has 118 valence electrons. The van der Waals surface area contributed by atoms with Crippen LogP contribution in [0.4, 0.5) is 4.39 Å². The fourth-order valence-electron chi connectivity index (χ4n) is 2.90. The average Bonchev–Trinajstić information content (AvgIpc) is 2.41. The van der Waals surface area contributed by atoms with Gasteiger partial charge in [-0.2, -0.15) is 4.31 Å². The number of piperidine rings is 1. The van der Waals surface area contributed by atoms with Crippen molar-refractivity contribution in [1.82, 2.24) is 4.31 Å². The third-order valence-corrected chi connectivity index (χ3v) is 6.02. The van der Waals surface area contributed by atoms with Crippen molar-refractivity contribution in [3.05, 3.63) is 29.6 Å². The van der Waals surface area contributed by atoms with Crippen molar-refractivity contribution in [2.24, 2.45) is 0 Å². The van der Waals surface area contributed by atoms with Crippen LogP contribution in [0.15, 0.2) is 23.1 Å². The van der Waals surface area contributed by atoms with E-state index in [9.17, 15) is 17.9 Å². The summed E-state index contributed by atoms with van der Waals surface area (Å²) in [6.07, 6.45) is 2.33. The van der Waals surface area contributed by atoms with Gasteiger partial charge in [-0.05, 0) is 50.8 Å². The van der Waals surface area contributed by atoms with Crippen LogP contribution in [0.2, 0.25) is 0 Å². The van der Waals surface area contributed by atoms with Gasteiger partial charge in [0.05, 0.1) is 11.0 Å². The second-order valence-corrected chi connectivity index (χ2v) is 7.62. The van der Waals surface area contributed by atoms with Crippen LogP contribution in [-0.2, 0) is 10.0 Å². The lowest BCUT2D eigenvalue weighted by Crippen LogP contribution is -2.45. The summed E-state index contributed by atoms with van der Waals surface area (Å²) in [7, 11) is -3.73. The Morgan fingerprint density at radius 1 is 1.43 bits per heavy atom. The van der Waals surface area contributed by atoms with E-state index in [2.05, 4.69) is 0 Å². The molecule has 0 amide bonds. The molecule has 0 bridgehead atoms. The molecule has 1 aliphatic rings. The molecular weight excluding hydrogens is 293 g/mol. The third kappa shape index (κ3) is 3.62. The van der Waals surface area contributed by atoms with Crippen LogP contribution >= 0.6 is 0 Å². The van der Waals surface area contributed by atoms with E-state index in [1.807, 2.05) is 0 Å². The Kier molecular flexibility index (Phi) is 5.01. The molecule has 1 heterocycles. The lowest BCUT2D eigenvalue weighted by atomic mass is 10.00. The van der Waals surface area contributed by atoms with E-state index in [1.165, 1.54) is 16.4 Å². The van der Waals surface area contributed by atoms with Gasteiger partial charge in [-0.15, -0.1) is 0 Å². The summed E-state index contributed by atoms with van der Waals surface area (Å²) in [6.45, 7) is 3.75. The SMILES string of the molecule is Cc1ccc(F)cc1S(=O)(=O)N1CCCCC1CC(C)O. The molecular formula is C15H22FNO3S. The number of rotatable bonds is 4. The maximum atomic E-state index is 13.4. The van der Waals surface area contributed by atoms with Gasteiger partial charge in [-0.25, -0.2) is 12.8 Å². The normalized spacial score (nSPS) is 22.2. The van der Waals surface area contributed by atoms with Crippen LogP contribution in [0, 0.1) is 12.7 Å². The number of aliphatic hydroxyl groups excluding tert-OH is 1. The lowest BCUT2D eigenvalue weighted by Gasteiger charge is -2.35. The maximum Gasteiger partial charge on any atom is 0.243 e. The van der Waals surface area contributed by atoms with Crippen molar-refractivity contribution >= 4 is 10.0 Å². The minimum absolute atomic E-state index is 0.0278. The highest BCUT2D eigenvalue weighted by atomic mass is 32.2. The topological polar surface area (TPSA) is 57.6 Å². The van der Waals surface area contributed by atoms with E-state index in [4.69, 9.17) is 0 Å². The molecule has 21 heavy (non-hydrogen) atoms. The summed E-state index contributed by atoms with van der Waals surface area (Å²) in [5.41, 5.74) is 0.540. The van der Waals surface area contributed by atoms with Crippen LogP contribution < -0.4 is 0 Å². The maximum absolute atomic E-state index is 13.4. The number of benzene rings is 1. The van der Waals surface area contributed by atoms with Crippen molar-refractivity contribution in [3.63, 3.8) is 0 Å². The summed E-state index contributed by atoms with van der Waals surface area (Å²) in [5.74, 6) is -0.553. The summed E-state index contributed by atoms with van der Waals surface area (Å²) in [6, 6.07) is 3.61. The number of sulfonamides is 1. The fraction of sp³-hybridized carbons (Fsp3) is 0.600. The van der Waals surface area contributed by atoms with Crippen LogP contribution in [0.5, 0.6) is 0 Å². The Morgan fingerprint density at radius 2 is 2.14 bits per heavy atom. The molecule has 0 spiro atoms. The molecule has 1 saturated heterocycles. The highest BCUT2D eigenvalue weighted by molar-refractivity contribution is 7.89. The molecule has 0 saturated carbocycles. The molecule has 1 aromatic rings. The van der Waals surface area contributed by atoms with E-state index in [1.54, 1.807) is 13.8 Å². The summed E-state index contributed by atoms with van der Waals surface area (Å²) in [4.78, 5) is 0.0278. The zero-order chi connectivity index (χ0) is 15.6. The molecule has 1 N–H and O–H groups in total. The Bertz CT molecular complexity index is 601. The average molecular weight is 315 g/mol. The molecule has 1 aliphatic heterocycles. The van der Waals surface area contributed by atoms with Gasteiger partial charge in [0.15, 0.2) is 0 Å². The number of hydrogen-bond donors (Lipinski definition) is 1. The molecule has 1 fully saturated rings. The molecule has 0 radical (unpaired) electrons. The van der Waals surface area contributed by atoms with Crippen molar-refractivity contribution in [2.75, 3.05) is 6.54 Å². The predicted molar refractivity (Wildman–Crippen MR) is 79.0 cm³/mol. The van der Waals surface area contributed by atoms with Crippen molar-refractivity contribution in [3.8, 4) is 0 Å². The Balaban J connectivity index is 2.38. The van der Waals surface area contributed by atoms with Crippen LogP contribution in [0.1, 0.15) is 38.2 Å². The third-order valence-electron chi connectivity index (χ3n) is 3.92. The molecule has 0 aromatic heterocycles. The van der Waals surface area contributed by atoms with Crippen molar-refractivity contribution in [1.29, 1.82) is 0 Å². The van der Waals surface area contributed by atoms with Gasteiger partial charge >= 0.3 is 0 Å². The van der Waals surface area contributed by atoms with E-state index in [-0.39, 0.29) is 10.9 Å². The van der Waals surface area contributed by atoms with Gasteiger partial charge < -0.3 is 5.11 Å². The molecule has 2 rings (SSSR count). The van der Waals surface area contributed by atoms with Gasteiger partial charge in [-0.1, -0.05) is 12.5 Å². The van der Waals surface area contributed by atoms with Gasteiger partial charge in [-0.3, -0.25) is 0 Å². The molecule has 0 aliphatic carbocycles. The highest BCUT2D eigenvalue weighted by Crippen LogP contribution is 2.29. The largest absolute Gasteiger partial charge is 0.393 e. The highest BCUT2D eigenvalue weighted by Gasteiger charge is 2.34. The zero-order valence-electron chi connectivity index (χ0n) is 12.4. The smallest absolute Gasteiger partial charge is 0.243 e. The monoisotopic (exact) mass is 315 g/mol. The van der Waals surface area contributed by atoms with Gasteiger partial charge in [0.1, 0.15) is 5.82 Å². The number of halogens is 1. The first-order valence-electron chi connectivity index (χ1n) is 7.28. The minimum atomic E-state index is -3.73. The zero-order valence-corrected chi connectivity index (χ0v) is 13.2. The fourth-order valence-corrected chi connectivity index (χ4v) is 4.84. The minimum Gasteiger partial charge on any atom is -0.393 e. The molecule has 2 atom stereocenters. The first kappa shape index (κ1) is 16.4. The van der Waals surface area contributed by atoms with Crippen LogP contribution in [-0.4, -0.2) is 36.5 Å². The predicted octanol–water partition coefficient (Wildman–Crippen LogP) is 2.45. The number of nitrogens with zero attached hydrogens (tertiary/aromatic N) is 1. The Hall–Kier alpha value is -0.980. The quantitative estimate of drug-likeness (QED) is 0.928. The van der Waals surface area contributed by atoms with Crippen molar-refractivity contribution < 1.29 is 17.9 Å². The van der Waals surface area contributed by atoms with Gasteiger partial charge in [0.25, 0.3) is 0 Å². The first-order valence-corrected chi connectivity index (χ1v) is 8.72. The van der Waals surface area contributed by atoms with Crippen LogP contribution in [0.3, 0.4) is 0 Å². The van der Waals surface area contributed by atoms with E-state index >= 15 is 0 Å². The lowest BCUT2D eigenvalue weighted by molar-refractivity contribution is 0.131. The molecule has 4 nitrogen and oxygen atoms in total.